The van der Waals surface area contributed by atoms with Crippen molar-refractivity contribution in [3.8, 4) is 0 Å². The number of carboxylic acid groups (broad SMARTS) is 1. The summed E-state index contributed by atoms with van der Waals surface area (Å²) in [6.07, 6.45) is -0.0492. The molecule has 0 amide bonds. The lowest BCUT2D eigenvalue weighted by Gasteiger charge is -2.37. The molecule has 0 aliphatic carbocycles. The van der Waals surface area contributed by atoms with Crippen LogP contribution in [0.25, 0.3) is 0 Å². The molecular weight excluding hydrogens is 316 g/mol. The summed E-state index contributed by atoms with van der Waals surface area (Å²) < 4.78 is 0. The zero-order valence-corrected chi connectivity index (χ0v) is 15.0. The molecule has 1 aromatic carbocycles. The number of aryl methyl sites for hydroxylation is 1. The zero-order valence-electron chi connectivity index (χ0n) is 14.3. The predicted octanol–water partition coefficient (Wildman–Crippen LogP) is 3.23. The Balaban J connectivity index is 2.84. The van der Waals surface area contributed by atoms with E-state index in [1.165, 1.54) is 0 Å². The number of aliphatic hydroxyl groups excluding tert-OH is 1. The van der Waals surface area contributed by atoms with E-state index in [1.807, 2.05) is 33.8 Å². The lowest BCUT2D eigenvalue weighted by molar-refractivity contribution is -0.137. The van der Waals surface area contributed by atoms with E-state index in [2.05, 4.69) is 4.90 Å². The van der Waals surface area contributed by atoms with Crippen molar-refractivity contribution in [1.29, 1.82) is 0 Å². The van der Waals surface area contributed by atoms with Crippen LogP contribution in [0.15, 0.2) is 12.1 Å². The van der Waals surface area contributed by atoms with Crippen LogP contribution in [0, 0.1) is 6.92 Å². The van der Waals surface area contributed by atoms with Crippen LogP contribution in [0.2, 0.25) is 5.02 Å². The minimum absolute atomic E-state index is 0.121. The molecule has 0 aromatic heterocycles. The second-order valence-electron chi connectivity index (χ2n) is 6.86. The molecule has 0 heterocycles. The summed E-state index contributed by atoms with van der Waals surface area (Å²) in [4.78, 5) is 12.8. The van der Waals surface area contributed by atoms with Gasteiger partial charge in [0.1, 0.15) is 0 Å². The van der Waals surface area contributed by atoms with E-state index in [-0.39, 0.29) is 12.0 Å². The van der Waals surface area contributed by atoms with E-state index in [1.54, 1.807) is 6.07 Å². The van der Waals surface area contributed by atoms with Crippen LogP contribution < -0.4 is 5.73 Å². The lowest BCUT2D eigenvalue weighted by Crippen LogP contribution is -2.44. The molecule has 1 atom stereocenters. The summed E-state index contributed by atoms with van der Waals surface area (Å²) in [5.74, 6) is -0.805. The fourth-order valence-corrected chi connectivity index (χ4v) is 2.69. The van der Waals surface area contributed by atoms with E-state index >= 15 is 0 Å². The molecule has 0 bridgehead atoms. The SMILES string of the molecule is Cc1cc(C(O)CN(CCCC(=O)O)C(C)(C)C)cc(Cl)c1N. The molecule has 1 aromatic rings. The van der Waals surface area contributed by atoms with Crippen LogP contribution in [-0.2, 0) is 4.79 Å². The first-order valence-electron chi connectivity index (χ1n) is 7.72. The number of halogens is 1. The van der Waals surface area contributed by atoms with Gasteiger partial charge < -0.3 is 15.9 Å². The third kappa shape index (κ3) is 6.01. The lowest BCUT2D eigenvalue weighted by atomic mass is 10.0. The molecule has 0 fully saturated rings. The smallest absolute Gasteiger partial charge is 0.303 e. The molecule has 4 N–H and O–H groups in total. The number of nitrogens with zero attached hydrogens (tertiary/aromatic N) is 1. The Kier molecular flexibility index (Phi) is 6.86. The van der Waals surface area contributed by atoms with Gasteiger partial charge in [0.05, 0.1) is 16.8 Å². The normalized spacial score (nSPS) is 13.3. The Labute approximate surface area is 143 Å². The van der Waals surface area contributed by atoms with E-state index in [0.717, 1.165) is 5.56 Å². The first-order chi connectivity index (χ1) is 10.5. The van der Waals surface area contributed by atoms with Gasteiger partial charge in [-0.15, -0.1) is 0 Å². The minimum atomic E-state index is -0.805. The van der Waals surface area contributed by atoms with Gasteiger partial charge in [-0.2, -0.15) is 0 Å². The number of benzene rings is 1. The van der Waals surface area contributed by atoms with Gasteiger partial charge >= 0.3 is 5.97 Å². The molecule has 1 unspecified atom stereocenters. The fourth-order valence-electron chi connectivity index (χ4n) is 2.41. The maximum Gasteiger partial charge on any atom is 0.303 e. The quantitative estimate of drug-likeness (QED) is 0.662. The number of nitrogen functional groups attached to an aromatic ring is 1. The standard InChI is InChI=1S/C17H27ClN2O3/c1-11-8-12(9-13(18)16(11)19)14(21)10-20(17(2,3)4)7-5-6-15(22)23/h8-9,14,21H,5-7,10,19H2,1-4H3,(H,22,23). The molecule has 130 valence electrons. The van der Waals surface area contributed by atoms with Crippen LogP contribution in [0.4, 0.5) is 5.69 Å². The summed E-state index contributed by atoms with van der Waals surface area (Å²) in [5, 5.41) is 19.8. The zero-order chi connectivity index (χ0) is 17.8. The topological polar surface area (TPSA) is 86.8 Å². The molecule has 23 heavy (non-hydrogen) atoms. The number of nitrogens with two attached hydrogens (primary N) is 1. The van der Waals surface area contributed by atoms with Crippen molar-refractivity contribution in [2.45, 2.75) is 52.2 Å². The fraction of sp³-hybridized carbons (Fsp3) is 0.588. The Bertz CT molecular complexity index is 532. The number of hydrogen-bond acceptors (Lipinski definition) is 4. The van der Waals surface area contributed by atoms with Crippen molar-refractivity contribution in [3.63, 3.8) is 0 Å². The van der Waals surface area contributed by atoms with E-state index in [9.17, 15) is 9.90 Å². The Morgan fingerprint density at radius 1 is 1.39 bits per heavy atom. The highest BCUT2D eigenvalue weighted by Gasteiger charge is 2.24. The number of carbonyl (C=O) groups is 1. The first-order valence-corrected chi connectivity index (χ1v) is 8.10. The van der Waals surface area contributed by atoms with Gasteiger partial charge in [-0.05, 0) is 57.9 Å². The van der Waals surface area contributed by atoms with E-state index in [0.29, 0.717) is 35.8 Å². The third-order valence-corrected chi connectivity index (χ3v) is 4.22. The van der Waals surface area contributed by atoms with Crippen LogP contribution in [0.5, 0.6) is 0 Å². The van der Waals surface area contributed by atoms with Crippen LogP contribution in [0.1, 0.15) is 50.8 Å². The Morgan fingerprint density at radius 2 is 2.00 bits per heavy atom. The maximum absolute atomic E-state index is 10.7. The summed E-state index contributed by atoms with van der Waals surface area (Å²) in [5.41, 5.74) is 7.74. The number of aliphatic hydroxyl groups is 1. The van der Waals surface area contributed by atoms with Gasteiger partial charge in [0.25, 0.3) is 0 Å². The number of anilines is 1. The summed E-state index contributed by atoms with van der Waals surface area (Å²) in [6, 6.07) is 3.52. The van der Waals surface area contributed by atoms with Crippen molar-refractivity contribution < 1.29 is 15.0 Å². The highest BCUT2D eigenvalue weighted by Crippen LogP contribution is 2.29. The molecule has 0 aliphatic rings. The van der Waals surface area contributed by atoms with Crippen molar-refractivity contribution in [3.05, 3.63) is 28.3 Å². The van der Waals surface area contributed by atoms with E-state index < -0.39 is 12.1 Å². The van der Waals surface area contributed by atoms with Gasteiger partial charge in [0.15, 0.2) is 0 Å². The number of hydrogen-bond donors (Lipinski definition) is 3. The molecule has 1 rings (SSSR count). The summed E-state index contributed by atoms with van der Waals surface area (Å²) >= 11 is 6.09. The Hall–Kier alpha value is -1.30. The number of rotatable bonds is 7. The van der Waals surface area contributed by atoms with Crippen molar-refractivity contribution in [1.82, 2.24) is 4.90 Å². The molecular formula is C17H27ClN2O3. The van der Waals surface area contributed by atoms with Gasteiger partial charge in [-0.1, -0.05) is 17.7 Å². The van der Waals surface area contributed by atoms with E-state index in [4.69, 9.17) is 22.4 Å². The number of β-amino-alcohol motifs (C(OH)–C–C–N with tert-alkyl or cyclic N) is 1. The second-order valence-corrected chi connectivity index (χ2v) is 7.27. The molecule has 0 saturated carbocycles. The molecule has 0 spiro atoms. The number of carboxylic acids is 1. The molecule has 6 heteroatoms. The van der Waals surface area contributed by atoms with Gasteiger partial charge in [0.2, 0.25) is 0 Å². The average molecular weight is 343 g/mol. The van der Waals surface area contributed by atoms with Crippen LogP contribution in [0.3, 0.4) is 0 Å². The van der Waals surface area contributed by atoms with Gasteiger partial charge in [-0.3, -0.25) is 9.69 Å². The molecule has 0 saturated heterocycles. The van der Waals surface area contributed by atoms with Crippen molar-refractivity contribution >= 4 is 23.3 Å². The molecule has 0 aliphatic heterocycles. The van der Waals surface area contributed by atoms with Crippen LogP contribution in [-0.4, -0.2) is 39.7 Å². The first kappa shape index (κ1) is 19.7. The van der Waals surface area contributed by atoms with Crippen LogP contribution >= 0.6 is 11.6 Å². The second kappa shape index (κ2) is 7.99. The predicted molar refractivity (Wildman–Crippen MR) is 93.8 cm³/mol. The van der Waals surface area contributed by atoms with Crippen molar-refractivity contribution in [2.75, 3.05) is 18.8 Å². The number of aliphatic carboxylic acids is 1. The monoisotopic (exact) mass is 342 g/mol. The molecule has 0 radical (unpaired) electrons. The minimum Gasteiger partial charge on any atom is -0.481 e. The largest absolute Gasteiger partial charge is 0.481 e. The van der Waals surface area contributed by atoms with Gasteiger partial charge in [0, 0.05) is 18.5 Å². The third-order valence-electron chi connectivity index (χ3n) is 3.90. The highest BCUT2D eigenvalue weighted by atomic mass is 35.5. The molecule has 5 nitrogen and oxygen atoms in total. The average Bonchev–Trinajstić information content (AvgIpc) is 2.41. The maximum atomic E-state index is 10.7. The highest BCUT2D eigenvalue weighted by molar-refractivity contribution is 6.33. The van der Waals surface area contributed by atoms with Crippen molar-refractivity contribution in [2.24, 2.45) is 0 Å². The summed E-state index contributed by atoms with van der Waals surface area (Å²) in [6.45, 7) is 8.99. The van der Waals surface area contributed by atoms with Gasteiger partial charge in [-0.25, -0.2) is 0 Å². The summed E-state index contributed by atoms with van der Waals surface area (Å²) in [7, 11) is 0. The Morgan fingerprint density at radius 3 is 2.48 bits per heavy atom.